The van der Waals surface area contributed by atoms with Gasteiger partial charge in [0, 0.05) is 31.4 Å². The highest BCUT2D eigenvalue weighted by Crippen LogP contribution is 2.32. The first kappa shape index (κ1) is 26.9. The molecule has 2 heterocycles. The van der Waals surface area contributed by atoms with E-state index >= 15 is 0 Å². The Morgan fingerprint density at radius 1 is 1.12 bits per heavy atom. The van der Waals surface area contributed by atoms with Crippen molar-refractivity contribution in [3.8, 4) is 16.9 Å². The summed E-state index contributed by atoms with van der Waals surface area (Å²) < 4.78 is 44.6. The van der Waals surface area contributed by atoms with E-state index in [0.717, 1.165) is 53.8 Å². The quantitative estimate of drug-likeness (QED) is 0.356. The molecule has 214 valence electrons. The minimum atomic E-state index is -3.77. The molecule has 4 aromatic rings. The number of ether oxygens (including phenoxy) is 1. The van der Waals surface area contributed by atoms with E-state index in [2.05, 4.69) is 15.3 Å². The number of rotatable bonds is 5. The Labute approximate surface area is 238 Å². The predicted molar refractivity (Wildman–Crippen MR) is 153 cm³/mol. The number of imidazole rings is 1. The van der Waals surface area contributed by atoms with Gasteiger partial charge in [0.15, 0.2) is 15.7 Å². The second-order valence-electron chi connectivity index (χ2n) is 10.6. The lowest BCUT2D eigenvalue weighted by Gasteiger charge is -2.25. The van der Waals surface area contributed by atoms with Crippen LogP contribution in [0.25, 0.3) is 22.2 Å². The van der Waals surface area contributed by atoms with Crippen molar-refractivity contribution in [3.05, 3.63) is 76.9 Å². The smallest absolute Gasteiger partial charge is 0.287 e. The number of halogens is 1. The molecular weight excluding hydrogens is 547 g/mol. The molecule has 3 aromatic carbocycles. The summed E-state index contributed by atoms with van der Waals surface area (Å²) in [4.78, 5) is 34.7. The summed E-state index contributed by atoms with van der Waals surface area (Å²) in [5.74, 6) is -0.595. The Morgan fingerprint density at radius 2 is 1.88 bits per heavy atom. The molecule has 1 aliphatic carbocycles. The van der Waals surface area contributed by atoms with Crippen LogP contribution in [0.5, 0.6) is 5.75 Å². The Hall–Kier alpha value is -4.25. The summed E-state index contributed by atoms with van der Waals surface area (Å²) in [5.41, 5.74) is 4.09. The monoisotopic (exact) mass is 578 g/mol. The van der Waals surface area contributed by atoms with Gasteiger partial charge in [0.2, 0.25) is 0 Å². The highest BCUT2D eigenvalue weighted by Gasteiger charge is 2.26. The molecule has 0 spiro atoms. The summed E-state index contributed by atoms with van der Waals surface area (Å²) in [6, 6.07) is 14.2. The topological polar surface area (TPSA) is 121 Å². The van der Waals surface area contributed by atoms with Crippen molar-refractivity contribution in [1.82, 2.24) is 20.2 Å². The summed E-state index contributed by atoms with van der Waals surface area (Å²) in [7, 11) is -3.77. The number of nitrogens with zero attached hydrogens (tertiary/aromatic N) is 2. The van der Waals surface area contributed by atoms with Gasteiger partial charge in [-0.05, 0) is 79.3 Å². The Balaban J connectivity index is 0.00000353. The molecule has 0 radical (unpaired) electrons. The van der Waals surface area contributed by atoms with Crippen molar-refractivity contribution in [2.75, 3.05) is 19.4 Å². The highest BCUT2D eigenvalue weighted by molar-refractivity contribution is 7.90. The number of carbonyl (C=O) groups is 2. The number of sulfone groups is 1. The number of aromatic amines is 1. The number of carbonyl (C=O) groups excluding carboxylic acids is 2. The van der Waals surface area contributed by atoms with Crippen LogP contribution in [0.4, 0.5) is 4.39 Å². The van der Waals surface area contributed by atoms with Crippen LogP contribution >= 0.6 is 0 Å². The molecule has 9 nitrogen and oxygen atoms in total. The maximum Gasteiger partial charge on any atom is 0.287 e. The lowest BCUT2D eigenvalue weighted by atomic mass is 9.93. The van der Waals surface area contributed by atoms with E-state index in [9.17, 15) is 22.4 Å². The molecule has 1 aromatic heterocycles. The summed E-state index contributed by atoms with van der Waals surface area (Å²) in [6.07, 6.45) is 4.05. The normalized spacial score (nSPS) is 15.5. The van der Waals surface area contributed by atoms with Gasteiger partial charge < -0.3 is 19.9 Å². The Morgan fingerprint density at radius 3 is 2.61 bits per heavy atom. The van der Waals surface area contributed by atoms with Gasteiger partial charge in [0.05, 0.1) is 17.6 Å². The number of H-pyrrole nitrogens is 1. The van der Waals surface area contributed by atoms with E-state index in [1.165, 1.54) is 13.0 Å². The van der Waals surface area contributed by atoms with Crippen molar-refractivity contribution in [2.24, 2.45) is 0 Å². The zero-order valence-electron chi connectivity index (χ0n) is 22.7. The van der Waals surface area contributed by atoms with Crippen LogP contribution in [-0.2, 0) is 16.4 Å². The number of hydrogen-bond acceptors (Lipinski definition) is 6. The van der Waals surface area contributed by atoms with Gasteiger partial charge in [-0.25, -0.2) is 17.8 Å². The van der Waals surface area contributed by atoms with Crippen molar-refractivity contribution in [2.45, 2.75) is 43.7 Å². The van der Waals surface area contributed by atoms with Gasteiger partial charge in [-0.15, -0.1) is 0 Å². The summed E-state index contributed by atoms with van der Waals surface area (Å²) >= 11 is 0. The van der Waals surface area contributed by atoms with Crippen LogP contribution in [-0.4, -0.2) is 60.5 Å². The molecule has 0 bridgehead atoms. The first-order chi connectivity index (χ1) is 19.6. The highest BCUT2D eigenvalue weighted by atomic mass is 32.2. The summed E-state index contributed by atoms with van der Waals surface area (Å²) in [6.45, 7) is 2.18. The molecule has 1 fully saturated rings. The Bertz CT molecular complexity index is 1820. The van der Waals surface area contributed by atoms with Crippen LogP contribution in [0.2, 0.25) is 0 Å². The maximum absolute atomic E-state index is 14.9. The molecule has 6 rings (SSSR count). The number of aromatic nitrogens is 2. The first-order valence-corrected chi connectivity index (χ1v) is 15.3. The molecule has 2 amide bonds. The molecule has 0 unspecified atom stereocenters. The fourth-order valence-electron chi connectivity index (χ4n) is 5.20. The van der Waals surface area contributed by atoms with Crippen molar-refractivity contribution < 1.29 is 28.6 Å². The average Bonchev–Trinajstić information content (AvgIpc) is 3.23. The van der Waals surface area contributed by atoms with Crippen LogP contribution in [0.1, 0.15) is 52.8 Å². The second kappa shape index (κ2) is 10.3. The molecule has 1 aliphatic heterocycles. The number of benzene rings is 3. The SMILES string of the molecule is Cc1c(C(=O)N2CCOc3ccc(-c4ccc5nc(C(=O)NC6CCC6)[nH]c5c4)cc3C2)ccc(S(C)(=O)=O)c1F.[HH]. The van der Waals surface area contributed by atoms with Crippen LogP contribution in [0, 0.1) is 12.7 Å². The molecule has 2 aliphatic rings. The molecular formula is C30H31FN4O5S. The molecule has 11 heteroatoms. The number of amides is 2. The van der Waals surface area contributed by atoms with E-state index in [1.807, 2.05) is 36.4 Å². The largest absolute Gasteiger partial charge is 0.491 e. The minimum absolute atomic E-state index is 0. The fourth-order valence-corrected chi connectivity index (χ4v) is 5.99. The Kier molecular flexibility index (Phi) is 6.77. The molecule has 41 heavy (non-hydrogen) atoms. The van der Waals surface area contributed by atoms with Gasteiger partial charge in [-0.1, -0.05) is 12.1 Å². The lowest BCUT2D eigenvalue weighted by Crippen LogP contribution is -2.39. The average molecular weight is 579 g/mol. The predicted octanol–water partition coefficient (Wildman–Crippen LogP) is 4.64. The number of hydrogen-bond donors (Lipinski definition) is 2. The molecule has 0 saturated heterocycles. The third-order valence-electron chi connectivity index (χ3n) is 7.78. The molecule has 0 atom stereocenters. The van der Waals surface area contributed by atoms with Gasteiger partial charge in [0.1, 0.15) is 23.1 Å². The minimum Gasteiger partial charge on any atom is -0.491 e. The zero-order valence-corrected chi connectivity index (χ0v) is 23.5. The fraction of sp³-hybridized carbons (Fsp3) is 0.300. The maximum atomic E-state index is 14.9. The van der Waals surface area contributed by atoms with E-state index in [0.29, 0.717) is 11.3 Å². The molecule has 2 N–H and O–H groups in total. The molecule has 1 saturated carbocycles. The van der Waals surface area contributed by atoms with E-state index in [4.69, 9.17) is 4.74 Å². The van der Waals surface area contributed by atoms with Crippen LogP contribution in [0.15, 0.2) is 53.4 Å². The third kappa shape index (κ3) is 5.17. The van der Waals surface area contributed by atoms with Gasteiger partial charge in [0.25, 0.3) is 11.8 Å². The number of fused-ring (bicyclic) bond motifs is 2. The van der Waals surface area contributed by atoms with Gasteiger partial charge in [-0.3, -0.25) is 9.59 Å². The van der Waals surface area contributed by atoms with Crippen molar-refractivity contribution >= 4 is 32.7 Å². The van der Waals surface area contributed by atoms with Crippen LogP contribution in [0.3, 0.4) is 0 Å². The first-order valence-electron chi connectivity index (χ1n) is 13.4. The van der Waals surface area contributed by atoms with Crippen molar-refractivity contribution in [3.63, 3.8) is 0 Å². The summed E-state index contributed by atoms with van der Waals surface area (Å²) in [5, 5.41) is 2.99. The van der Waals surface area contributed by atoms with Crippen molar-refractivity contribution in [1.29, 1.82) is 0 Å². The van der Waals surface area contributed by atoms with E-state index in [-0.39, 0.29) is 50.0 Å². The third-order valence-corrected chi connectivity index (χ3v) is 8.89. The lowest BCUT2D eigenvalue weighted by molar-refractivity contribution is 0.0731. The van der Waals surface area contributed by atoms with E-state index in [1.54, 1.807) is 4.90 Å². The van der Waals surface area contributed by atoms with Gasteiger partial charge >= 0.3 is 0 Å². The standard InChI is InChI=1S/C30H29FN4O5S.H2/c1-17-22(8-11-26(27(17)31)41(2,38)39)30(37)35-12-13-40-25-10-7-18(14-20(25)16-35)19-6-9-23-24(15-19)34-28(33-23)29(36)32-21-4-3-5-21;/h6-11,14-15,21H,3-5,12-13,16H2,1-2H3,(H,32,36)(H,33,34);1H. The van der Waals surface area contributed by atoms with Crippen LogP contribution < -0.4 is 10.1 Å². The second-order valence-corrected chi connectivity index (χ2v) is 12.6. The van der Waals surface area contributed by atoms with Gasteiger partial charge in [-0.2, -0.15) is 0 Å². The zero-order chi connectivity index (χ0) is 28.9. The number of nitrogens with one attached hydrogen (secondary N) is 2. The van der Waals surface area contributed by atoms with E-state index < -0.39 is 26.5 Å².